The number of benzene rings is 1. The molecule has 0 amide bonds. The lowest BCUT2D eigenvalue weighted by Gasteiger charge is -2.36. The van der Waals surface area contributed by atoms with Crippen molar-refractivity contribution in [2.24, 2.45) is 11.7 Å². The van der Waals surface area contributed by atoms with Crippen molar-refractivity contribution < 1.29 is 4.42 Å². The lowest BCUT2D eigenvalue weighted by molar-refractivity contribution is 0.271. The van der Waals surface area contributed by atoms with E-state index in [4.69, 9.17) is 10.2 Å². The fraction of sp³-hybridized carbons (Fsp3) is 0.462. The highest BCUT2D eigenvalue weighted by Crippen LogP contribution is 2.28. The summed E-state index contributed by atoms with van der Waals surface area (Å²) in [6, 6.07) is 6.55. The van der Waals surface area contributed by atoms with Crippen LogP contribution in [0.4, 0.5) is 5.69 Å². The van der Waals surface area contributed by atoms with Crippen LogP contribution in [0.15, 0.2) is 29.0 Å². The lowest BCUT2D eigenvalue weighted by atomic mass is 9.80. The summed E-state index contributed by atoms with van der Waals surface area (Å²) in [6.45, 7) is 1.06. The molecule has 0 saturated heterocycles. The third-order valence-corrected chi connectivity index (χ3v) is 3.56. The maximum absolute atomic E-state index is 5.80. The summed E-state index contributed by atoms with van der Waals surface area (Å²) in [5.41, 5.74) is 8.73. The minimum atomic E-state index is 0.421. The van der Waals surface area contributed by atoms with Gasteiger partial charge in [-0.15, -0.1) is 0 Å². The van der Waals surface area contributed by atoms with Crippen LogP contribution in [0.2, 0.25) is 0 Å². The van der Waals surface area contributed by atoms with E-state index >= 15 is 0 Å². The van der Waals surface area contributed by atoms with Crippen molar-refractivity contribution in [2.45, 2.75) is 18.9 Å². The number of anilines is 1. The number of nitrogens with zero attached hydrogens (tertiary/aromatic N) is 2. The molecule has 1 aliphatic rings. The molecule has 2 N–H and O–H groups in total. The van der Waals surface area contributed by atoms with Crippen molar-refractivity contribution in [1.29, 1.82) is 0 Å². The molecular weight excluding hydrogens is 214 g/mol. The highest BCUT2D eigenvalue weighted by atomic mass is 16.3. The molecule has 1 saturated carbocycles. The zero-order valence-electron chi connectivity index (χ0n) is 9.97. The average molecular weight is 231 g/mol. The normalized spacial score (nSPS) is 23.6. The molecule has 1 heterocycles. The van der Waals surface area contributed by atoms with E-state index in [9.17, 15) is 0 Å². The average Bonchev–Trinajstić information content (AvgIpc) is 2.73. The molecule has 0 bridgehead atoms. The van der Waals surface area contributed by atoms with Gasteiger partial charge in [0, 0.05) is 31.4 Å². The molecule has 0 atom stereocenters. The van der Waals surface area contributed by atoms with Gasteiger partial charge in [-0.2, -0.15) is 0 Å². The number of fused-ring (bicyclic) bond motifs is 1. The van der Waals surface area contributed by atoms with E-state index in [0.29, 0.717) is 6.04 Å². The number of oxazole rings is 1. The molecular formula is C13H17N3O. The maximum atomic E-state index is 5.80. The number of hydrogen-bond donors (Lipinski definition) is 1. The van der Waals surface area contributed by atoms with E-state index in [2.05, 4.69) is 23.0 Å². The van der Waals surface area contributed by atoms with E-state index in [0.717, 1.165) is 36.4 Å². The lowest BCUT2D eigenvalue weighted by Crippen LogP contribution is -2.41. The minimum absolute atomic E-state index is 0.421. The van der Waals surface area contributed by atoms with Crippen LogP contribution in [-0.4, -0.2) is 24.6 Å². The van der Waals surface area contributed by atoms with Crippen LogP contribution in [0.5, 0.6) is 0 Å². The van der Waals surface area contributed by atoms with E-state index < -0.39 is 0 Å². The predicted molar refractivity (Wildman–Crippen MR) is 68.0 cm³/mol. The van der Waals surface area contributed by atoms with Crippen molar-refractivity contribution in [3.63, 3.8) is 0 Å². The van der Waals surface area contributed by atoms with Gasteiger partial charge in [-0.25, -0.2) is 4.98 Å². The van der Waals surface area contributed by atoms with Gasteiger partial charge in [0.15, 0.2) is 12.0 Å². The first-order chi connectivity index (χ1) is 8.22. The summed E-state index contributed by atoms with van der Waals surface area (Å²) in [4.78, 5) is 6.38. The highest BCUT2D eigenvalue weighted by Gasteiger charge is 2.26. The van der Waals surface area contributed by atoms with Crippen molar-refractivity contribution in [3.05, 3.63) is 24.6 Å². The number of hydrogen-bond acceptors (Lipinski definition) is 4. The molecule has 4 heteroatoms. The van der Waals surface area contributed by atoms with Gasteiger partial charge in [-0.05, 0) is 30.9 Å². The third-order valence-electron chi connectivity index (χ3n) is 3.56. The first kappa shape index (κ1) is 10.6. The Labute approximate surface area is 100 Å². The van der Waals surface area contributed by atoms with Crippen LogP contribution in [0.3, 0.4) is 0 Å². The van der Waals surface area contributed by atoms with Gasteiger partial charge in [-0.3, -0.25) is 0 Å². The zero-order valence-corrected chi connectivity index (χ0v) is 9.97. The van der Waals surface area contributed by atoms with Gasteiger partial charge < -0.3 is 15.1 Å². The van der Waals surface area contributed by atoms with Crippen LogP contribution in [0.25, 0.3) is 11.1 Å². The van der Waals surface area contributed by atoms with Crippen LogP contribution >= 0.6 is 0 Å². The highest BCUT2D eigenvalue weighted by molar-refractivity contribution is 5.76. The standard InChI is InChI=1S/C13H17N3O/c1-16(7-9-4-10(14)5-9)11-2-3-12-13(6-11)17-8-15-12/h2-3,6,8-10H,4-5,7,14H2,1H3. The Balaban J connectivity index is 1.73. The Bertz CT molecular complexity index is 516. The second-order valence-electron chi connectivity index (χ2n) is 4.98. The first-order valence-corrected chi connectivity index (χ1v) is 6.02. The van der Waals surface area contributed by atoms with Gasteiger partial charge in [-0.1, -0.05) is 0 Å². The number of aromatic nitrogens is 1. The maximum Gasteiger partial charge on any atom is 0.181 e. The fourth-order valence-electron chi connectivity index (χ4n) is 2.51. The van der Waals surface area contributed by atoms with Gasteiger partial charge >= 0.3 is 0 Å². The van der Waals surface area contributed by atoms with Gasteiger partial charge in [0.05, 0.1) is 0 Å². The Morgan fingerprint density at radius 2 is 2.29 bits per heavy atom. The summed E-state index contributed by atoms with van der Waals surface area (Å²) >= 11 is 0. The quantitative estimate of drug-likeness (QED) is 0.877. The Morgan fingerprint density at radius 1 is 1.47 bits per heavy atom. The molecule has 1 aromatic carbocycles. The Hall–Kier alpha value is -1.55. The molecule has 90 valence electrons. The predicted octanol–water partition coefficient (Wildman–Crippen LogP) is 2.00. The molecule has 2 aromatic rings. The summed E-state index contributed by atoms with van der Waals surface area (Å²) in [5, 5.41) is 0. The summed E-state index contributed by atoms with van der Waals surface area (Å²) in [7, 11) is 2.11. The van der Waals surface area contributed by atoms with E-state index in [-0.39, 0.29) is 0 Å². The molecule has 0 unspecified atom stereocenters. The van der Waals surface area contributed by atoms with Crippen molar-refractivity contribution >= 4 is 16.8 Å². The topological polar surface area (TPSA) is 55.3 Å². The minimum Gasteiger partial charge on any atom is -0.443 e. The van der Waals surface area contributed by atoms with Crippen LogP contribution in [0, 0.1) is 5.92 Å². The van der Waals surface area contributed by atoms with E-state index in [1.54, 1.807) is 0 Å². The number of nitrogens with two attached hydrogens (primary N) is 1. The summed E-state index contributed by atoms with van der Waals surface area (Å²) in [5.74, 6) is 0.737. The third kappa shape index (κ3) is 2.00. The first-order valence-electron chi connectivity index (χ1n) is 6.02. The van der Waals surface area contributed by atoms with Crippen LogP contribution in [0.1, 0.15) is 12.8 Å². The van der Waals surface area contributed by atoms with Crippen LogP contribution in [-0.2, 0) is 0 Å². The molecule has 4 nitrogen and oxygen atoms in total. The molecule has 3 rings (SSSR count). The molecule has 17 heavy (non-hydrogen) atoms. The van der Waals surface area contributed by atoms with Crippen molar-refractivity contribution in [2.75, 3.05) is 18.5 Å². The molecule has 1 aromatic heterocycles. The SMILES string of the molecule is CN(CC1CC(N)C1)c1ccc2ncoc2c1. The largest absolute Gasteiger partial charge is 0.443 e. The molecule has 1 fully saturated rings. The van der Waals surface area contributed by atoms with Crippen molar-refractivity contribution in [1.82, 2.24) is 4.98 Å². The Morgan fingerprint density at radius 3 is 3.06 bits per heavy atom. The fourth-order valence-corrected chi connectivity index (χ4v) is 2.51. The Kier molecular flexibility index (Phi) is 2.52. The van der Waals surface area contributed by atoms with Gasteiger partial charge in [0.2, 0.25) is 0 Å². The van der Waals surface area contributed by atoms with Crippen molar-refractivity contribution in [3.8, 4) is 0 Å². The number of rotatable bonds is 3. The van der Waals surface area contributed by atoms with Crippen LogP contribution < -0.4 is 10.6 Å². The summed E-state index contributed by atoms with van der Waals surface area (Å²) < 4.78 is 5.31. The summed E-state index contributed by atoms with van der Waals surface area (Å²) in [6.07, 6.45) is 3.78. The molecule has 1 aliphatic carbocycles. The second-order valence-corrected chi connectivity index (χ2v) is 4.98. The van der Waals surface area contributed by atoms with Gasteiger partial charge in [0.1, 0.15) is 5.52 Å². The monoisotopic (exact) mass is 231 g/mol. The van der Waals surface area contributed by atoms with E-state index in [1.165, 1.54) is 12.1 Å². The molecule has 0 spiro atoms. The zero-order chi connectivity index (χ0) is 11.8. The van der Waals surface area contributed by atoms with Gasteiger partial charge in [0.25, 0.3) is 0 Å². The smallest absolute Gasteiger partial charge is 0.181 e. The molecule has 0 aliphatic heterocycles. The molecule has 0 radical (unpaired) electrons. The second kappa shape index (κ2) is 4.04. The van der Waals surface area contributed by atoms with E-state index in [1.807, 2.05) is 12.1 Å².